The number of rotatable bonds is 5. The molecule has 0 aliphatic carbocycles. The van der Waals surface area contributed by atoms with E-state index >= 15 is 0 Å². The topological polar surface area (TPSA) is 107 Å². The van der Waals surface area contributed by atoms with Crippen LogP contribution in [0.4, 0.5) is 0 Å². The highest BCUT2D eigenvalue weighted by atomic mass is 32.2. The Balaban J connectivity index is 2.34. The number of pyridine rings is 1. The van der Waals surface area contributed by atoms with E-state index in [1.54, 1.807) is 13.2 Å². The van der Waals surface area contributed by atoms with Crippen LogP contribution in [-0.2, 0) is 13.5 Å². The second kappa shape index (κ2) is 6.68. The molecule has 0 saturated heterocycles. The van der Waals surface area contributed by atoms with Crippen molar-refractivity contribution in [3.05, 3.63) is 44.6 Å². The summed E-state index contributed by atoms with van der Waals surface area (Å²) in [4.78, 5) is 30.7. The molecular formula is C13H17N5O2S. The van der Waals surface area contributed by atoms with Gasteiger partial charge < -0.3 is 5.73 Å². The molecule has 21 heavy (non-hydrogen) atoms. The molecule has 0 fully saturated rings. The SMILES string of the molecule is CCC(N)Cc1cccnc1Sc1nc(=O)c(=O)[nH]n1C. The van der Waals surface area contributed by atoms with E-state index in [1.807, 2.05) is 19.1 Å². The average molecular weight is 307 g/mol. The van der Waals surface area contributed by atoms with Crippen molar-refractivity contribution in [3.8, 4) is 0 Å². The molecule has 0 aliphatic rings. The standard InChI is InChI=1S/C13H17N5O2S/c1-3-9(14)7-8-5-4-6-15-12(8)21-13-16-10(19)11(20)17-18(13)2/h4-6,9H,3,7,14H2,1-2H3,(H,17,20). The maximum Gasteiger partial charge on any atom is 0.339 e. The van der Waals surface area contributed by atoms with Gasteiger partial charge in [0, 0.05) is 19.3 Å². The first-order valence-corrected chi connectivity index (χ1v) is 7.37. The maximum absolute atomic E-state index is 11.4. The molecule has 0 aromatic carbocycles. The minimum atomic E-state index is -0.807. The summed E-state index contributed by atoms with van der Waals surface area (Å²) < 4.78 is 1.41. The van der Waals surface area contributed by atoms with E-state index in [0.717, 1.165) is 17.0 Å². The predicted molar refractivity (Wildman–Crippen MR) is 80.4 cm³/mol. The number of hydrogen-bond donors (Lipinski definition) is 2. The van der Waals surface area contributed by atoms with Crippen LogP contribution < -0.4 is 16.9 Å². The fraction of sp³-hybridized carbons (Fsp3) is 0.385. The first-order valence-electron chi connectivity index (χ1n) is 6.56. The lowest BCUT2D eigenvalue weighted by atomic mass is 10.1. The smallest absolute Gasteiger partial charge is 0.327 e. The van der Waals surface area contributed by atoms with Crippen LogP contribution in [0.3, 0.4) is 0 Å². The number of hydrogen-bond acceptors (Lipinski definition) is 6. The summed E-state index contributed by atoms with van der Waals surface area (Å²) in [7, 11) is 1.62. The van der Waals surface area contributed by atoms with Gasteiger partial charge in [-0.25, -0.2) is 4.98 Å². The third-order valence-electron chi connectivity index (χ3n) is 2.99. The molecule has 2 aromatic heterocycles. The first-order chi connectivity index (χ1) is 10.0. The summed E-state index contributed by atoms with van der Waals surface area (Å²) in [6.45, 7) is 2.03. The normalized spacial score (nSPS) is 12.3. The number of nitrogens with one attached hydrogen (secondary N) is 1. The van der Waals surface area contributed by atoms with Crippen LogP contribution in [0.15, 0.2) is 38.1 Å². The van der Waals surface area contributed by atoms with Gasteiger partial charge in [0.15, 0.2) is 5.16 Å². The fourth-order valence-corrected chi connectivity index (χ4v) is 2.62. The Bertz CT molecular complexity index is 740. The minimum absolute atomic E-state index is 0.0564. The van der Waals surface area contributed by atoms with Gasteiger partial charge >= 0.3 is 11.1 Å². The van der Waals surface area contributed by atoms with Crippen LogP contribution in [-0.4, -0.2) is 25.8 Å². The summed E-state index contributed by atoms with van der Waals surface area (Å²) in [5.41, 5.74) is 5.44. The molecule has 2 rings (SSSR count). The van der Waals surface area contributed by atoms with Gasteiger partial charge in [-0.1, -0.05) is 13.0 Å². The molecule has 7 nitrogen and oxygen atoms in total. The van der Waals surface area contributed by atoms with Gasteiger partial charge in [0.05, 0.1) is 0 Å². The van der Waals surface area contributed by atoms with Crippen LogP contribution in [0.5, 0.6) is 0 Å². The van der Waals surface area contributed by atoms with Crippen LogP contribution in [0.2, 0.25) is 0 Å². The average Bonchev–Trinajstić information content (AvgIpc) is 2.46. The lowest BCUT2D eigenvalue weighted by Gasteiger charge is -2.12. The second-order valence-corrected chi connectivity index (χ2v) is 5.60. The lowest BCUT2D eigenvalue weighted by Crippen LogP contribution is -2.33. The number of H-pyrrole nitrogens is 1. The molecule has 0 bridgehead atoms. The van der Waals surface area contributed by atoms with Crippen molar-refractivity contribution >= 4 is 11.8 Å². The molecule has 1 atom stereocenters. The van der Waals surface area contributed by atoms with E-state index in [9.17, 15) is 9.59 Å². The monoisotopic (exact) mass is 307 g/mol. The quantitative estimate of drug-likeness (QED) is 0.769. The largest absolute Gasteiger partial charge is 0.339 e. The van der Waals surface area contributed by atoms with E-state index < -0.39 is 11.1 Å². The van der Waals surface area contributed by atoms with Crippen molar-refractivity contribution in [2.45, 2.75) is 36.0 Å². The van der Waals surface area contributed by atoms with Gasteiger partial charge in [0.2, 0.25) is 0 Å². The van der Waals surface area contributed by atoms with Gasteiger partial charge in [0.1, 0.15) is 5.03 Å². The molecule has 3 N–H and O–H groups in total. The molecule has 2 heterocycles. The molecule has 1 unspecified atom stereocenters. The van der Waals surface area contributed by atoms with Crippen molar-refractivity contribution in [2.24, 2.45) is 12.8 Å². The fourth-order valence-electron chi connectivity index (χ4n) is 1.74. The molecule has 0 aliphatic heterocycles. The lowest BCUT2D eigenvalue weighted by molar-refractivity contribution is 0.595. The Morgan fingerprint density at radius 2 is 2.24 bits per heavy atom. The Morgan fingerprint density at radius 1 is 1.48 bits per heavy atom. The highest BCUT2D eigenvalue weighted by molar-refractivity contribution is 7.99. The van der Waals surface area contributed by atoms with Gasteiger partial charge in [0.25, 0.3) is 0 Å². The maximum atomic E-state index is 11.4. The second-order valence-electron chi connectivity index (χ2n) is 4.64. The summed E-state index contributed by atoms with van der Waals surface area (Å²) >= 11 is 1.23. The Kier molecular flexibility index (Phi) is 4.92. The Labute approximate surface area is 125 Å². The van der Waals surface area contributed by atoms with Crippen LogP contribution in [0, 0.1) is 0 Å². The highest BCUT2D eigenvalue weighted by Gasteiger charge is 2.12. The van der Waals surface area contributed by atoms with E-state index in [2.05, 4.69) is 15.1 Å². The van der Waals surface area contributed by atoms with Gasteiger partial charge in [-0.2, -0.15) is 4.98 Å². The summed E-state index contributed by atoms with van der Waals surface area (Å²) in [5, 5.41) is 3.52. The molecule has 112 valence electrons. The Morgan fingerprint density at radius 3 is 2.95 bits per heavy atom. The number of aromatic nitrogens is 4. The molecule has 0 amide bonds. The molecule has 2 aromatic rings. The first kappa shape index (κ1) is 15.5. The zero-order chi connectivity index (χ0) is 15.4. The summed E-state index contributed by atoms with van der Waals surface area (Å²) in [6, 6.07) is 3.86. The molecule has 8 heteroatoms. The number of nitrogens with two attached hydrogens (primary N) is 1. The van der Waals surface area contributed by atoms with Crippen molar-refractivity contribution in [1.29, 1.82) is 0 Å². The van der Waals surface area contributed by atoms with Crippen molar-refractivity contribution in [3.63, 3.8) is 0 Å². The molecule has 0 radical (unpaired) electrons. The van der Waals surface area contributed by atoms with E-state index in [0.29, 0.717) is 11.6 Å². The molecular weight excluding hydrogens is 290 g/mol. The van der Waals surface area contributed by atoms with E-state index in [4.69, 9.17) is 5.73 Å². The predicted octanol–water partition coefficient (Wildman–Crippen LogP) is 0.295. The molecule has 0 saturated carbocycles. The van der Waals surface area contributed by atoms with Gasteiger partial charge in [-0.3, -0.25) is 19.4 Å². The van der Waals surface area contributed by atoms with Crippen LogP contribution in [0.25, 0.3) is 0 Å². The van der Waals surface area contributed by atoms with Crippen molar-refractivity contribution in [1.82, 2.24) is 19.7 Å². The van der Waals surface area contributed by atoms with Crippen LogP contribution in [0.1, 0.15) is 18.9 Å². The number of aryl methyl sites for hydroxylation is 1. The van der Waals surface area contributed by atoms with Gasteiger partial charge in [-0.05, 0) is 36.2 Å². The Hall–Kier alpha value is -1.93. The number of aromatic amines is 1. The third kappa shape index (κ3) is 3.79. The highest BCUT2D eigenvalue weighted by Crippen LogP contribution is 2.26. The third-order valence-corrected chi connectivity index (χ3v) is 4.10. The van der Waals surface area contributed by atoms with E-state index in [1.165, 1.54) is 16.4 Å². The zero-order valence-electron chi connectivity index (χ0n) is 11.9. The minimum Gasteiger partial charge on any atom is -0.327 e. The van der Waals surface area contributed by atoms with E-state index in [-0.39, 0.29) is 6.04 Å². The van der Waals surface area contributed by atoms with Crippen molar-refractivity contribution in [2.75, 3.05) is 0 Å². The van der Waals surface area contributed by atoms with Gasteiger partial charge in [-0.15, -0.1) is 0 Å². The summed E-state index contributed by atoms with van der Waals surface area (Å²) in [5.74, 6) is 0. The molecule has 0 spiro atoms. The van der Waals surface area contributed by atoms with Crippen LogP contribution >= 0.6 is 11.8 Å². The zero-order valence-corrected chi connectivity index (χ0v) is 12.7. The number of nitrogens with zero attached hydrogens (tertiary/aromatic N) is 3. The summed E-state index contributed by atoms with van der Waals surface area (Å²) in [6.07, 6.45) is 3.24. The van der Waals surface area contributed by atoms with Crippen molar-refractivity contribution < 1.29 is 0 Å².